The van der Waals surface area contributed by atoms with Crippen molar-refractivity contribution in [3.05, 3.63) is 47.2 Å². The number of nitrogens with zero attached hydrogens (tertiary/aromatic N) is 2. The molecule has 154 valence electrons. The summed E-state index contributed by atoms with van der Waals surface area (Å²) in [7, 11) is 0. The molecule has 0 saturated carbocycles. The molecular formula is C22H24ClFN2O3. The monoisotopic (exact) mass is 418 g/mol. The average molecular weight is 419 g/mol. The molecule has 7 heteroatoms. The van der Waals surface area contributed by atoms with Crippen LogP contribution in [0.2, 0.25) is 5.02 Å². The number of fused-ring (bicyclic) bond motifs is 3. The lowest BCUT2D eigenvalue weighted by Crippen LogP contribution is -2.48. The molecule has 1 aliphatic rings. The highest BCUT2D eigenvalue weighted by Gasteiger charge is 2.34. The third-order valence-electron chi connectivity index (χ3n) is 5.26. The molecule has 1 fully saturated rings. The van der Waals surface area contributed by atoms with Crippen LogP contribution in [0.5, 0.6) is 0 Å². The van der Waals surface area contributed by atoms with Crippen LogP contribution in [0.25, 0.3) is 21.8 Å². The van der Waals surface area contributed by atoms with Crippen molar-refractivity contribution in [2.45, 2.75) is 44.9 Å². The molecule has 5 nitrogen and oxygen atoms in total. The van der Waals surface area contributed by atoms with Crippen molar-refractivity contribution in [1.29, 1.82) is 0 Å². The van der Waals surface area contributed by atoms with E-state index in [2.05, 4.69) is 0 Å². The summed E-state index contributed by atoms with van der Waals surface area (Å²) in [5, 5.41) is 13.1. The van der Waals surface area contributed by atoms with Crippen molar-refractivity contribution in [3.63, 3.8) is 0 Å². The first kappa shape index (κ1) is 20.0. The van der Waals surface area contributed by atoms with Crippen LogP contribution >= 0.6 is 11.6 Å². The summed E-state index contributed by atoms with van der Waals surface area (Å²) in [5.41, 5.74) is 1.12. The van der Waals surface area contributed by atoms with Crippen molar-refractivity contribution < 1.29 is 19.0 Å². The average Bonchev–Trinajstić information content (AvgIpc) is 2.93. The summed E-state index contributed by atoms with van der Waals surface area (Å²) >= 11 is 6.18. The minimum Gasteiger partial charge on any atom is -0.444 e. The number of aliphatic hydroxyl groups is 1. The summed E-state index contributed by atoms with van der Waals surface area (Å²) in [6.07, 6.45) is -0.652. The third kappa shape index (κ3) is 3.79. The van der Waals surface area contributed by atoms with E-state index in [0.717, 1.165) is 21.8 Å². The summed E-state index contributed by atoms with van der Waals surface area (Å²) in [4.78, 5) is 13.9. The van der Waals surface area contributed by atoms with E-state index in [1.807, 2.05) is 37.5 Å². The number of amides is 1. The summed E-state index contributed by atoms with van der Waals surface area (Å²) in [5.74, 6) is -0.322. The number of carbonyl (C=O) groups excluding carboxylic acids is 1. The second-order valence-electron chi connectivity index (χ2n) is 8.54. The second-order valence-corrected chi connectivity index (χ2v) is 8.98. The zero-order chi connectivity index (χ0) is 20.9. The molecule has 0 aliphatic carbocycles. The number of halogens is 2. The molecule has 2 heterocycles. The fraction of sp³-hybridized carbons (Fsp3) is 0.409. The van der Waals surface area contributed by atoms with Crippen molar-refractivity contribution in [1.82, 2.24) is 9.47 Å². The molecule has 1 aromatic heterocycles. The highest BCUT2D eigenvalue weighted by atomic mass is 35.5. The van der Waals surface area contributed by atoms with Gasteiger partial charge in [0, 0.05) is 33.4 Å². The standard InChI is InChI=1S/C22H24ClFN2O3/c1-22(2,3)29-21(28)25-9-8-19(20(27)12-25)26-17-6-4-13(23)10-15(17)16-11-14(24)5-7-18(16)26/h4-7,10-11,19-20,27H,8-9,12H2,1-3H3/t19-,20-/m0/s1. The number of β-amino-alcohol motifs (C(OH)–C–C–N with tert-alkyl or cyclic N) is 1. The Balaban J connectivity index is 1.71. The van der Waals surface area contributed by atoms with Gasteiger partial charge in [0.2, 0.25) is 0 Å². The molecule has 4 rings (SSSR count). The zero-order valence-electron chi connectivity index (χ0n) is 16.7. The van der Waals surface area contributed by atoms with Crippen LogP contribution in [-0.4, -0.2) is 45.5 Å². The van der Waals surface area contributed by atoms with Crippen LogP contribution in [0.3, 0.4) is 0 Å². The molecule has 0 radical (unpaired) electrons. The van der Waals surface area contributed by atoms with Gasteiger partial charge in [-0.15, -0.1) is 0 Å². The molecule has 3 aromatic rings. The number of carbonyl (C=O) groups is 1. The number of rotatable bonds is 1. The summed E-state index contributed by atoms with van der Waals surface area (Å²) in [6.45, 7) is 6.09. The number of aliphatic hydroxyl groups excluding tert-OH is 1. The number of likely N-dealkylation sites (tertiary alicyclic amines) is 1. The van der Waals surface area contributed by atoms with Crippen molar-refractivity contribution in [2.75, 3.05) is 13.1 Å². The molecular weight excluding hydrogens is 395 g/mol. The molecule has 1 aliphatic heterocycles. The van der Waals surface area contributed by atoms with Gasteiger partial charge in [-0.25, -0.2) is 9.18 Å². The number of benzene rings is 2. The number of piperidine rings is 1. The van der Waals surface area contributed by atoms with E-state index in [0.29, 0.717) is 18.0 Å². The lowest BCUT2D eigenvalue weighted by Gasteiger charge is -2.37. The van der Waals surface area contributed by atoms with Crippen molar-refractivity contribution in [2.24, 2.45) is 0 Å². The van der Waals surface area contributed by atoms with E-state index >= 15 is 0 Å². The maximum absolute atomic E-state index is 13.9. The molecule has 2 atom stereocenters. The van der Waals surface area contributed by atoms with Crippen LogP contribution < -0.4 is 0 Å². The van der Waals surface area contributed by atoms with Gasteiger partial charge in [0.1, 0.15) is 11.4 Å². The quantitative estimate of drug-likeness (QED) is 0.596. The van der Waals surface area contributed by atoms with Crippen LogP contribution in [-0.2, 0) is 4.74 Å². The Morgan fingerprint density at radius 2 is 1.83 bits per heavy atom. The Hall–Kier alpha value is -2.31. The van der Waals surface area contributed by atoms with Gasteiger partial charge in [-0.05, 0) is 63.6 Å². The van der Waals surface area contributed by atoms with E-state index in [1.165, 1.54) is 17.0 Å². The largest absolute Gasteiger partial charge is 0.444 e. The minimum atomic E-state index is -0.782. The number of hydrogen-bond acceptors (Lipinski definition) is 3. The molecule has 0 unspecified atom stereocenters. The highest BCUT2D eigenvalue weighted by molar-refractivity contribution is 6.31. The fourth-order valence-electron chi connectivity index (χ4n) is 4.07. The lowest BCUT2D eigenvalue weighted by molar-refractivity contribution is -0.00880. The molecule has 29 heavy (non-hydrogen) atoms. The Morgan fingerprint density at radius 3 is 2.48 bits per heavy atom. The predicted octanol–water partition coefficient (Wildman–Crippen LogP) is 5.13. The minimum absolute atomic E-state index is 0.176. The molecule has 1 saturated heterocycles. The SMILES string of the molecule is CC(C)(C)OC(=O)N1CC[C@H](n2c3ccc(F)cc3c3cc(Cl)ccc32)[C@@H](O)C1. The van der Waals surface area contributed by atoms with Gasteiger partial charge in [0.15, 0.2) is 0 Å². The first-order chi connectivity index (χ1) is 13.6. The zero-order valence-corrected chi connectivity index (χ0v) is 17.4. The Morgan fingerprint density at radius 1 is 1.17 bits per heavy atom. The Bertz CT molecular complexity index is 1030. The van der Waals surface area contributed by atoms with Crippen molar-refractivity contribution >= 4 is 39.5 Å². The van der Waals surface area contributed by atoms with E-state index in [-0.39, 0.29) is 18.4 Å². The van der Waals surface area contributed by atoms with Gasteiger partial charge in [0.25, 0.3) is 0 Å². The van der Waals surface area contributed by atoms with Crippen LogP contribution in [0.4, 0.5) is 9.18 Å². The number of aromatic nitrogens is 1. The molecule has 0 bridgehead atoms. The smallest absolute Gasteiger partial charge is 0.410 e. The van der Waals surface area contributed by atoms with E-state index < -0.39 is 17.8 Å². The topological polar surface area (TPSA) is 54.7 Å². The number of hydrogen-bond donors (Lipinski definition) is 1. The fourth-order valence-corrected chi connectivity index (χ4v) is 4.24. The predicted molar refractivity (Wildman–Crippen MR) is 112 cm³/mol. The molecule has 1 amide bonds. The number of ether oxygens (including phenoxy) is 1. The van der Waals surface area contributed by atoms with Crippen LogP contribution in [0, 0.1) is 5.82 Å². The first-order valence-corrected chi connectivity index (χ1v) is 10.1. The van der Waals surface area contributed by atoms with Crippen molar-refractivity contribution in [3.8, 4) is 0 Å². The summed E-state index contributed by atoms with van der Waals surface area (Å²) < 4.78 is 21.4. The van der Waals surface area contributed by atoms with Gasteiger partial charge in [-0.2, -0.15) is 0 Å². The Labute approximate surface area is 173 Å². The van der Waals surface area contributed by atoms with Crippen LogP contribution in [0.15, 0.2) is 36.4 Å². The van der Waals surface area contributed by atoms with Gasteiger partial charge in [0.05, 0.1) is 18.7 Å². The maximum Gasteiger partial charge on any atom is 0.410 e. The van der Waals surface area contributed by atoms with Crippen LogP contribution in [0.1, 0.15) is 33.2 Å². The van der Waals surface area contributed by atoms with Gasteiger partial charge >= 0.3 is 6.09 Å². The normalized spacial score (nSPS) is 20.4. The summed E-state index contributed by atoms with van der Waals surface area (Å²) in [6, 6.07) is 9.89. The first-order valence-electron chi connectivity index (χ1n) is 9.69. The van der Waals surface area contributed by atoms with Gasteiger partial charge in [-0.3, -0.25) is 0 Å². The third-order valence-corrected chi connectivity index (χ3v) is 5.49. The molecule has 1 N–H and O–H groups in total. The maximum atomic E-state index is 13.9. The lowest BCUT2D eigenvalue weighted by atomic mass is 10.0. The second kappa shape index (κ2) is 7.18. The van der Waals surface area contributed by atoms with Gasteiger partial charge in [-0.1, -0.05) is 11.6 Å². The van der Waals surface area contributed by atoms with Gasteiger partial charge < -0.3 is 19.3 Å². The molecule has 2 aromatic carbocycles. The Kier molecular flexibility index (Phi) is 4.95. The van der Waals surface area contributed by atoms with E-state index in [4.69, 9.17) is 16.3 Å². The van der Waals surface area contributed by atoms with E-state index in [1.54, 1.807) is 12.1 Å². The highest BCUT2D eigenvalue weighted by Crippen LogP contribution is 2.37. The van der Waals surface area contributed by atoms with E-state index in [9.17, 15) is 14.3 Å². The molecule has 0 spiro atoms.